The Hall–Kier alpha value is -0.0800. The molecule has 3 atom stereocenters. The summed E-state index contributed by atoms with van der Waals surface area (Å²) in [5.41, 5.74) is 0. The van der Waals surface area contributed by atoms with Crippen molar-refractivity contribution >= 4 is 0 Å². The third-order valence-electron chi connectivity index (χ3n) is 5.14. The predicted octanol–water partition coefficient (Wildman–Crippen LogP) is 3.52. The van der Waals surface area contributed by atoms with E-state index in [1.54, 1.807) is 0 Å². The maximum Gasteiger partial charge on any atom is 0.0150 e. The van der Waals surface area contributed by atoms with Crippen molar-refractivity contribution in [3.8, 4) is 0 Å². The van der Waals surface area contributed by atoms with Crippen LogP contribution in [0.1, 0.15) is 60.3 Å². The third-order valence-corrected chi connectivity index (χ3v) is 5.14. The molecule has 3 unspecified atom stereocenters. The highest BCUT2D eigenvalue weighted by Gasteiger charge is 2.40. The summed E-state index contributed by atoms with van der Waals surface area (Å²) in [5.74, 6) is 2.59. The molecular weight excluding hydrogens is 232 g/mol. The minimum Gasteiger partial charge on any atom is -0.311 e. The minimum absolute atomic E-state index is 0.679. The quantitative estimate of drug-likeness (QED) is 0.819. The zero-order valence-corrected chi connectivity index (χ0v) is 13.7. The summed E-state index contributed by atoms with van der Waals surface area (Å²) in [6.45, 7) is 14.4. The third kappa shape index (κ3) is 3.95. The molecule has 1 aliphatic heterocycles. The maximum atomic E-state index is 3.98. The van der Waals surface area contributed by atoms with Gasteiger partial charge in [-0.25, -0.2) is 0 Å². The molecule has 0 amide bonds. The number of nitrogens with one attached hydrogen (secondary N) is 1. The van der Waals surface area contributed by atoms with Crippen LogP contribution in [0.5, 0.6) is 0 Å². The summed E-state index contributed by atoms with van der Waals surface area (Å²) < 4.78 is 0. The first-order chi connectivity index (χ1) is 8.97. The summed E-state index contributed by atoms with van der Waals surface area (Å²) in [5, 5.41) is 3.98. The monoisotopic (exact) mass is 266 g/mol. The Bertz CT molecular complexity index is 260. The van der Waals surface area contributed by atoms with Gasteiger partial charge in [0, 0.05) is 31.2 Å². The van der Waals surface area contributed by atoms with Crippen molar-refractivity contribution in [1.82, 2.24) is 10.2 Å². The van der Waals surface area contributed by atoms with Crippen molar-refractivity contribution in [1.29, 1.82) is 0 Å². The van der Waals surface area contributed by atoms with Crippen LogP contribution >= 0.6 is 0 Å². The Morgan fingerprint density at radius 3 is 2.05 bits per heavy atom. The van der Waals surface area contributed by atoms with Crippen molar-refractivity contribution < 1.29 is 0 Å². The Labute approximate surface area is 120 Å². The molecule has 19 heavy (non-hydrogen) atoms. The number of likely N-dealkylation sites (tertiary alicyclic amines) is 1. The van der Waals surface area contributed by atoms with Gasteiger partial charge in [0.15, 0.2) is 0 Å². The van der Waals surface area contributed by atoms with E-state index in [1.807, 2.05) is 0 Å². The molecule has 112 valence electrons. The van der Waals surface area contributed by atoms with Crippen molar-refractivity contribution in [2.24, 2.45) is 17.8 Å². The molecule has 0 aromatic heterocycles. The van der Waals surface area contributed by atoms with Gasteiger partial charge in [0.2, 0.25) is 0 Å². The smallest absolute Gasteiger partial charge is 0.0150 e. The first-order valence-electron chi connectivity index (χ1n) is 8.47. The lowest BCUT2D eigenvalue weighted by Crippen LogP contribution is -2.59. The molecule has 1 saturated carbocycles. The van der Waals surface area contributed by atoms with Crippen LogP contribution in [0.25, 0.3) is 0 Å². The van der Waals surface area contributed by atoms with Gasteiger partial charge in [0.05, 0.1) is 0 Å². The van der Waals surface area contributed by atoms with E-state index in [-0.39, 0.29) is 0 Å². The Morgan fingerprint density at radius 2 is 1.58 bits per heavy atom. The standard InChI is InChI=1S/C17H34N2/c1-12(2)9-14(5)18-17-15-7-6-8-16(17)11-19(10-15)13(3)4/h12-18H,6-11H2,1-5H3. The number of nitrogens with zero attached hydrogens (tertiary/aromatic N) is 1. The molecule has 0 radical (unpaired) electrons. The van der Waals surface area contributed by atoms with E-state index < -0.39 is 0 Å². The lowest BCUT2D eigenvalue weighted by Gasteiger charge is -2.50. The molecule has 2 heteroatoms. The molecule has 2 rings (SSSR count). The fraction of sp³-hybridized carbons (Fsp3) is 1.00. The summed E-state index contributed by atoms with van der Waals surface area (Å²) >= 11 is 0. The normalized spacial score (nSPS) is 33.9. The van der Waals surface area contributed by atoms with E-state index >= 15 is 0 Å². The number of hydrogen-bond donors (Lipinski definition) is 1. The Morgan fingerprint density at radius 1 is 1.00 bits per heavy atom. The van der Waals surface area contributed by atoms with Gasteiger partial charge < -0.3 is 10.2 Å². The molecule has 0 aromatic carbocycles. The summed E-state index contributed by atoms with van der Waals surface area (Å²) in [6, 6.07) is 2.19. The van der Waals surface area contributed by atoms with Gasteiger partial charge in [-0.1, -0.05) is 20.3 Å². The highest BCUT2D eigenvalue weighted by molar-refractivity contribution is 4.96. The molecule has 2 aliphatic rings. The van der Waals surface area contributed by atoms with Crippen LogP contribution in [0.4, 0.5) is 0 Å². The van der Waals surface area contributed by atoms with Crippen LogP contribution in [0.2, 0.25) is 0 Å². The van der Waals surface area contributed by atoms with Gasteiger partial charge >= 0.3 is 0 Å². The molecule has 1 aliphatic carbocycles. The number of piperidine rings is 1. The highest BCUT2D eigenvalue weighted by Crippen LogP contribution is 2.36. The Balaban J connectivity index is 1.94. The lowest BCUT2D eigenvalue weighted by molar-refractivity contribution is 0.0248. The van der Waals surface area contributed by atoms with Crippen molar-refractivity contribution in [2.45, 2.75) is 78.4 Å². The lowest BCUT2D eigenvalue weighted by atomic mass is 9.73. The summed E-state index contributed by atoms with van der Waals surface area (Å²) in [4.78, 5) is 2.71. The first-order valence-corrected chi connectivity index (χ1v) is 8.47. The predicted molar refractivity (Wildman–Crippen MR) is 83.4 cm³/mol. The second-order valence-electron chi connectivity index (χ2n) is 7.72. The molecule has 1 heterocycles. The second-order valence-corrected chi connectivity index (χ2v) is 7.72. The van der Waals surface area contributed by atoms with E-state index in [2.05, 4.69) is 44.8 Å². The maximum absolute atomic E-state index is 3.98. The number of rotatable bonds is 5. The minimum atomic E-state index is 0.679. The number of hydrogen-bond acceptors (Lipinski definition) is 2. The molecule has 1 saturated heterocycles. The topological polar surface area (TPSA) is 15.3 Å². The van der Waals surface area contributed by atoms with E-state index in [0.717, 1.165) is 29.8 Å². The van der Waals surface area contributed by atoms with Gasteiger partial charge in [-0.2, -0.15) is 0 Å². The van der Waals surface area contributed by atoms with Gasteiger partial charge in [0.25, 0.3) is 0 Å². The Kier molecular flexibility index (Phi) is 5.30. The van der Waals surface area contributed by atoms with Crippen LogP contribution in [-0.4, -0.2) is 36.1 Å². The van der Waals surface area contributed by atoms with Crippen LogP contribution in [0, 0.1) is 17.8 Å². The van der Waals surface area contributed by atoms with Crippen LogP contribution in [0.3, 0.4) is 0 Å². The fourth-order valence-corrected chi connectivity index (χ4v) is 4.27. The molecular formula is C17H34N2. The zero-order valence-electron chi connectivity index (χ0n) is 13.7. The largest absolute Gasteiger partial charge is 0.311 e. The second kappa shape index (κ2) is 6.58. The van der Waals surface area contributed by atoms with Gasteiger partial charge in [-0.15, -0.1) is 0 Å². The van der Waals surface area contributed by atoms with E-state index in [0.29, 0.717) is 6.04 Å². The van der Waals surface area contributed by atoms with Crippen molar-refractivity contribution in [2.75, 3.05) is 13.1 Å². The van der Waals surface area contributed by atoms with E-state index in [4.69, 9.17) is 0 Å². The average Bonchev–Trinajstić information content (AvgIpc) is 2.26. The van der Waals surface area contributed by atoms with E-state index in [1.165, 1.54) is 38.8 Å². The molecule has 1 N–H and O–H groups in total. The van der Waals surface area contributed by atoms with Gasteiger partial charge in [-0.05, 0) is 57.8 Å². The van der Waals surface area contributed by atoms with Crippen LogP contribution < -0.4 is 5.32 Å². The SMILES string of the molecule is CC(C)CC(C)NC1C2CCCC1CN(C(C)C)C2. The number of fused-ring (bicyclic) bond motifs is 2. The van der Waals surface area contributed by atoms with Gasteiger partial charge in [-0.3, -0.25) is 0 Å². The van der Waals surface area contributed by atoms with E-state index in [9.17, 15) is 0 Å². The van der Waals surface area contributed by atoms with Crippen molar-refractivity contribution in [3.05, 3.63) is 0 Å². The molecule has 2 fully saturated rings. The summed E-state index contributed by atoms with van der Waals surface area (Å²) in [7, 11) is 0. The molecule has 0 aromatic rings. The molecule has 2 bridgehead atoms. The van der Waals surface area contributed by atoms with Crippen molar-refractivity contribution in [3.63, 3.8) is 0 Å². The van der Waals surface area contributed by atoms with Crippen LogP contribution in [-0.2, 0) is 0 Å². The summed E-state index contributed by atoms with van der Waals surface area (Å²) in [6.07, 6.45) is 5.64. The van der Waals surface area contributed by atoms with Gasteiger partial charge in [0.1, 0.15) is 0 Å². The molecule has 0 spiro atoms. The highest BCUT2D eigenvalue weighted by atomic mass is 15.2. The molecule has 2 nitrogen and oxygen atoms in total. The average molecular weight is 266 g/mol. The first kappa shape index (κ1) is 15.3. The van der Waals surface area contributed by atoms with Crippen LogP contribution in [0.15, 0.2) is 0 Å². The zero-order chi connectivity index (χ0) is 14.0. The fourth-order valence-electron chi connectivity index (χ4n) is 4.27.